The van der Waals surface area contributed by atoms with Gasteiger partial charge in [-0.05, 0) is 29.1 Å². The summed E-state index contributed by atoms with van der Waals surface area (Å²) >= 11 is 1.03. The van der Waals surface area contributed by atoms with Crippen molar-refractivity contribution >= 4 is 27.4 Å². The number of halogens is 5. The SMILES string of the molecule is COC(=O)c1cc2cc(C(F)C(F)(F)C(F)F)ccc2s1. The second kappa shape index (κ2) is 5.59. The Morgan fingerprint density at radius 3 is 2.48 bits per heavy atom. The summed E-state index contributed by atoms with van der Waals surface area (Å²) < 4.78 is 69.0. The van der Waals surface area contributed by atoms with E-state index in [1.807, 2.05) is 0 Å². The number of methoxy groups -OCH3 is 1. The highest BCUT2D eigenvalue weighted by Crippen LogP contribution is 2.40. The molecule has 2 nitrogen and oxygen atoms in total. The molecule has 0 aliphatic carbocycles. The zero-order chi connectivity index (χ0) is 15.8. The minimum atomic E-state index is -4.77. The van der Waals surface area contributed by atoms with Gasteiger partial charge in [0, 0.05) is 4.70 Å². The van der Waals surface area contributed by atoms with E-state index in [2.05, 4.69) is 4.74 Å². The first kappa shape index (κ1) is 15.7. The standard InChI is InChI=1S/C13H9F5O2S/c1-20-11(19)9-5-7-4-6(2-3-8(7)21-9)10(14)13(17,18)12(15)16/h2-5,10,12H,1H3. The molecule has 114 valence electrons. The number of esters is 1. The van der Waals surface area contributed by atoms with Gasteiger partial charge in [0.2, 0.25) is 0 Å². The van der Waals surface area contributed by atoms with Gasteiger partial charge in [-0.1, -0.05) is 6.07 Å². The van der Waals surface area contributed by atoms with E-state index in [4.69, 9.17) is 0 Å². The van der Waals surface area contributed by atoms with E-state index in [0.29, 0.717) is 10.1 Å². The molecule has 8 heteroatoms. The quantitative estimate of drug-likeness (QED) is 0.607. The molecule has 0 N–H and O–H groups in total. The van der Waals surface area contributed by atoms with Gasteiger partial charge in [-0.2, -0.15) is 8.78 Å². The van der Waals surface area contributed by atoms with Crippen molar-refractivity contribution in [2.45, 2.75) is 18.5 Å². The number of carbonyl (C=O) groups is 1. The highest BCUT2D eigenvalue weighted by Gasteiger charge is 2.50. The lowest BCUT2D eigenvalue weighted by Gasteiger charge is -2.19. The average Bonchev–Trinajstić information content (AvgIpc) is 2.88. The normalized spacial score (nSPS) is 13.7. The van der Waals surface area contributed by atoms with Crippen LogP contribution in [0.2, 0.25) is 0 Å². The van der Waals surface area contributed by atoms with Crippen molar-refractivity contribution < 1.29 is 31.5 Å². The monoisotopic (exact) mass is 324 g/mol. The van der Waals surface area contributed by atoms with E-state index < -0.39 is 30.1 Å². The Kier molecular flexibility index (Phi) is 4.18. The van der Waals surface area contributed by atoms with E-state index in [1.165, 1.54) is 19.2 Å². The summed E-state index contributed by atoms with van der Waals surface area (Å²) in [5.41, 5.74) is -0.568. The fourth-order valence-corrected chi connectivity index (χ4v) is 2.71. The second-order valence-corrected chi connectivity index (χ2v) is 5.32. The Balaban J connectivity index is 2.41. The molecule has 2 aromatic rings. The van der Waals surface area contributed by atoms with Gasteiger partial charge in [0.25, 0.3) is 0 Å². The number of hydrogen-bond acceptors (Lipinski definition) is 3. The Hall–Kier alpha value is -1.70. The van der Waals surface area contributed by atoms with Crippen molar-refractivity contribution in [3.05, 3.63) is 34.7 Å². The van der Waals surface area contributed by atoms with Crippen LogP contribution < -0.4 is 0 Å². The Bertz CT molecular complexity index is 668. The molecule has 21 heavy (non-hydrogen) atoms. The van der Waals surface area contributed by atoms with Crippen LogP contribution in [0, 0.1) is 0 Å². The zero-order valence-electron chi connectivity index (χ0n) is 10.6. The van der Waals surface area contributed by atoms with Crippen molar-refractivity contribution in [3.63, 3.8) is 0 Å². The van der Waals surface area contributed by atoms with Crippen LogP contribution in [0.1, 0.15) is 21.4 Å². The fourth-order valence-electron chi connectivity index (χ4n) is 1.75. The number of hydrogen-bond donors (Lipinski definition) is 0. The van der Waals surface area contributed by atoms with Crippen LogP contribution in [0.5, 0.6) is 0 Å². The molecule has 0 fully saturated rings. The van der Waals surface area contributed by atoms with Crippen LogP contribution in [0.25, 0.3) is 10.1 Å². The molecular formula is C13H9F5O2S. The number of fused-ring (bicyclic) bond motifs is 1. The number of alkyl halides is 5. The molecule has 1 heterocycles. The highest BCUT2D eigenvalue weighted by atomic mass is 32.1. The number of carbonyl (C=O) groups excluding carboxylic acids is 1. The minimum absolute atomic E-state index is 0.209. The highest BCUT2D eigenvalue weighted by molar-refractivity contribution is 7.20. The average molecular weight is 324 g/mol. The summed E-state index contributed by atoms with van der Waals surface area (Å²) in [5.74, 6) is -5.39. The number of benzene rings is 1. The maximum Gasteiger partial charge on any atom is 0.348 e. The molecule has 0 bridgehead atoms. The molecule has 0 spiro atoms. The number of rotatable bonds is 4. The summed E-state index contributed by atoms with van der Waals surface area (Å²) in [6, 6.07) is 4.67. The molecule has 1 atom stereocenters. The zero-order valence-corrected chi connectivity index (χ0v) is 11.4. The first-order valence-corrected chi connectivity index (χ1v) is 6.51. The van der Waals surface area contributed by atoms with Gasteiger partial charge in [-0.15, -0.1) is 11.3 Å². The van der Waals surface area contributed by atoms with Gasteiger partial charge in [0.15, 0.2) is 6.17 Å². The van der Waals surface area contributed by atoms with Crippen LogP contribution in [0.3, 0.4) is 0 Å². The first-order chi connectivity index (χ1) is 9.77. The van der Waals surface area contributed by atoms with Crippen molar-refractivity contribution in [3.8, 4) is 0 Å². The van der Waals surface area contributed by atoms with Gasteiger partial charge in [-0.25, -0.2) is 18.0 Å². The van der Waals surface area contributed by atoms with E-state index in [-0.39, 0.29) is 4.88 Å². The summed E-state index contributed by atoms with van der Waals surface area (Å²) in [6.45, 7) is 0. The third-order valence-corrected chi connectivity index (χ3v) is 3.94. The summed E-state index contributed by atoms with van der Waals surface area (Å²) in [7, 11) is 1.18. The van der Waals surface area contributed by atoms with Gasteiger partial charge in [0.1, 0.15) is 4.88 Å². The number of thiophene rings is 1. The minimum Gasteiger partial charge on any atom is -0.465 e. The van der Waals surface area contributed by atoms with Crippen LogP contribution in [-0.4, -0.2) is 25.4 Å². The fraction of sp³-hybridized carbons (Fsp3) is 0.308. The molecule has 0 aliphatic rings. The van der Waals surface area contributed by atoms with Crippen LogP contribution in [0.15, 0.2) is 24.3 Å². The summed E-state index contributed by atoms with van der Waals surface area (Å²) in [5, 5.41) is 0.311. The van der Waals surface area contributed by atoms with Crippen molar-refractivity contribution in [1.29, 1.82) is 0 Å². The lowest BCUT2D eigenvalue weighted by atomic mass is 10.0. The third-order valence-electron chi connectivity index (χ3n) is 2.85. The summed E-state index contributed by atoms with van der Waals surface area (Å²) in [6.07, 6.45) is -7.22. The lowest BCUT2D eigenvalue weighted by molar-refractivity contribution is -0.172. The maximum absolute atomic E-state index is 13.6. The Labute approximate surface area is 120 Å². The van der Waals surface area contributed by atoms with E-state index in [1.54, 1.807) is 0 Å². The van der Waals surface area contributed by atoms with Gasteiger partial charge in [-0.3, -0.25) is 0 Å². The van der Waals surface area contributed by atoms with E-state index in [9.17, 15) is 26.7 Å². The molecule has 0 saturated heterocycles. The summed E-state index contributed by atoms with van der Waals surface area (Å²) in [4.78, 5) is 11.6. The smallest absolute Gasteiger partial charge is 0.348 e. The van der Waals surface area contributed by atoms with Crippen molar-refractivity contribution in [2.24, 2.45) is 0 Å². The predicted molar refractivity (Wildman–Crippen MR) is 68.0 cm³/mol. The van der Waals surface area contributed by atoms with E-state index in [0.717, 1.165) is 23.5 Å². The Morgan fingerprint density at radius 1 is 1.24 bits per heavy atom. The molecule has 1 aromatic carbocycles. The van der Waals surface area contributed by atoms with Crippen LogP contribution in [0.4, 0.5) is 22.0 Å². The largest absolute Gasteiger partial charge is 0.465 e. The van der Waals surface area contributed by atoms with Gasteiger partial charge >= 0.3 is 18.3 Å². The van der Waals surface area contributed by atoms with Gasteiger partial charge in [0.05, 0.1) is 7.11 Å². The van der Waals surface area contributed by atoms with Crippen LogP contribution in [-0.2, 0) is 4.74 Å². The molecule has 1 aromatic heterocycles. The van der Waals surface area contributed by atoms with E-state index >= 15 is 0 Å². The molecule has 2 rings (SSSR count). The molecule has 0 amide bonds. The van der Waals surface area contributed by atoms with Crippen LogP contribution >= 0.6 is 11.3 Å². The molecule has 0 aliphatic heterocycles. The van der Waals surface area contributed by atoms with Crippen molar-refractivity contribution in [1.82, 2.24) is 0 Å². The lowest BCUT2D eigenvalue weighted by Crippen LogP contribution is -2.32. The Morgan fingerprint density at radius 2 is 1.90 bits per heavy atom. The number of ether oxygens (including phenoxy) is 1. The predicted octanol–water partition coefficient (Wildman–Crippen LogP) is 4.60. The molecule has 0 saturated carbocycles. The molecule has 1 unspecified atom stereocenters. The second-order valence-electron chi connectivity index (χ2n) is 4.24. The topological polar surface area (TPSA) is 26.3 Å². The van der Waals surface area contributed by atoms with Crippen molar-refractivity contribution in [2.75, 3.05) is 7.11 Å². The third kappa shape index (κ3) is 2.85. The first-order valence-electron chi connectivity index (χ1n) is 5.69. The molecular weight excluding hydrogens is 315 g/mol. The van der Waals surface area contributed by atoms with Gasteiger partial charge < -0.3 is 4.74 Å². The molecule has 0 radical (unpaired) electrons. The maximum atomic E-state index is 13.6.